The minimum absolute atomic E-state index is 0.0488. The number of allylic oxidation sites excluding steroid dienone is 2. The number of aliphatic hydroxyl groups excluding tert-OH is 1. The van der Waals surface area contributed by atoms with E-state index in [-0.39, 0.29) is 22.0 Å². The molecule has 0 radical (unpaired) electrons. The summed E-state index contributed by atoms with van der Waals surface area (Å²) >= 11 is 0. The Kier molecular flexibility index (Phi) is 5.74. The summed E-state index contributed by atoms with van der Waals surface area (Å²) in [6.45, 7) is 11.9. The minimum atomic E-state index is -0.466. The molecule has 4 aliphatic rings. The lowest BCUT2D eigenvalue weighted by molar-refractivity contribution is -0.144. The van der Waals surface area contributed by atoms with Gasteiger partial charge in [-0.2, -0.15) is 5.26 Å². The number of nitrogens with zero attached hydrogens (tertiary/aromatic N) is 1. The smallest absolute Gasteiger partial charge is 0.178 e. The SMILES string of the molecule is C[C@@H]1CC[C@@]2(CO)CCC[C@@H]2CCC[C@@H]2[C@@]3(C)C=C(C#N)C(=O)C(C)(C)[C@@H]3CC[C@@]12C. The van der Waals surface area contributed by atoms with Crippen LogP contribution in [0.1, 0.15) is 98.8 Å². The van der Waals surface area contributed by atoms with E-state index >= 15 is 0 Å². The second-order valence-corrected chi connectivity index (χ2v) is 12.7. The van der Waals surface area contributed by atoms with Crippen molar-refractivity contribution in [2.24, 2.45) is 45.3 Å². The molecule has 0 amide bonds. The average molecular weight is 426 g/mol. The predicted octanol–water partition coefficient (Wildman–Crippen LogP) is 6.46. The summed E-state index contributed by atoms with van der Waals surface area (Å²) < 4.78 is 0. The molecular weight excluding hydrogens is 382 g/mol. The minimum Gasteiger partial charge on any atom is -0.396 e. The van der Waals surface area contributed by atoms with Gasteiger partial charge in [0.25, 0.3) is 0 Å². The third-order valence-corrected chi connectivity index (χ3v) is 11.2. The molecule has 0 heterocycles. The molecule has 3 saturated carbocycles. The van der Waals surface area contributed by atoms with E-state index in [0.717, 1.165) is 12.8 Å². The maximum atomic E-state index is 13.1. The van der Waals surface area contributed by atoms with Crippen LogP contribution in [0.4, 0.5) is 0 Å². The van der Waals surface area contributed by atoms with Gasteiger partial charge in [0.05, 0.1) is 5.57 Å². The highest BCUT2D eigenvalue weighted by Gasteiger charge is 2.61. The highest BCUT2D eigenvalue weighted by molar-refractivity contribution is 6.04. The van der Waals surface area contributed by atoms with Crippen molar-refractivity contribution >= 4 is 5.78 Å². The first-order valence-corrected chi connectivity index (χ1v) is 12.8. The molecule has 31 heavy (non-hydrogen) atoms. The van der Waals surface area contributed by atoms with E-state index in [4.69, 9.17) is 0 Å². The molecule has 3 fully saturated rings. The largest absolute Gasteiger partial charge is 0.396 e. The molecule has 0 aromatic carbocycles. The maximum Gasteiger partial charge on any atom is 0.178 e. The maximum absolute atomic E-state index is 13.1. The Morgan fingerprint density at radius 1 is 1.00 bits per heavy atom. The molecule has 0 spiro atoms. The van der Waals surface area contributed by atoms with Crippen molar-refractivity contribution in [3.8, 4) is 6.07 Å². The van der Waals surface area contributed by atoms with E-state index in [1.807, 2.05) is 0 Å². The molecule has 4 aliphatic carbocycles. The third kappa shape index (κ3) is 3.26. The first-order valence-electron chi connectivity index (χ1n) is 12.8. The summed E-state index contributed by atoms with van der Waals surface area (Å²) in [6, 6.07) is 2.26. The number of Topliss-reactive ketones (excluding diaryl/α,β-unsaturated/α-hetero) is 1. The number of hydrogen-bond acceptors (Lipinski definition) is 3. The highest BCUT2D eigenvalue weighted by Crippen LogP contribution is 2.66. The van der Waals surface area contributed by atoms with Crippen molar-refractivity contribution in [3.05, 3.63) is 11.6 Å². The van der Waals surface area contributed by atoms with Crippen LogP contribution in [0.15, 0.2) is 11.6 Å². The molecule has 0 aliphatic heterocycles. The van der Waals surface area contributed by atoms with Gasteiger partial charge in [0.15, 0.2) is 5.78 Å². The Morgan fingerprint density at radius 3 is 2.39 bits per heavy atom. The van der Waals surface area contributed by atoms with Gasteiger partial charge in [0, 0.05) is 12.0 Å². The number of ketones is 1. The van der Waals surface area contributed by atoms with Gasteiger partial charge in [-0.1, -0.05) is 53.5 Å². The summed E-state index contributed by atoms with van der Waals surface area (Å²) in [5.41, 5.74) is 0.193. The second kappa shape index (κ2) is 7.72. The van der Waals surface area contributed by atoms with Crippen molar-refractivity contribution < 1.29 is 9.90 Å². The fraction of sp³-hybridized carbons (Fsp3) is 0.857. The quantitative estimate of drug-likeness (QED) is 0.524. The van der Waals surface area contributed by atoms with Crippen LogP contribution < -0.4 is 0 Å². The molecule has 0 unspecified atom stereocenters. The second-order valence-electron chi connectivity index (χ2n) is 12.7. The number of carbonyl (C=O) groups is 1. The lowest BCUT2D eigenvalue weighted by Gasteiger charge is -2.62. The lowest BCUT2D eigenvalue weighted by atomic mass is 9.41. The van der Waals surface area contributed by atoms with Gasteiger partial charge in [-0.25, -0.2) is 0 Å². The molecular formula is C28H43NO2. The monoisotopic (exact) mass is 425 g/mol. The molecule has 172 valence electrons. The van der Waals surface area contributed by atoms with E-state index in [1.54, 1.807) is 0 Å². The number of nitriles is 1. The Labute approximate surface area is 189 Å². The zero-order valence-electron chi connectivity index (χ0n) is 20.5. The molecule has 3 heteroatoms. The van der Waals surface area contributed by atoms with Gasteiger partial charge >= 0.3 is 0 Å². The van der Waals surface area contributed by atoms with E-state index in [0.29, 0.717) is 35.9 Å². The Balaban J connectivity index is 1.74. The zero-order chi connectivity index (χ0) is 22.7. The van der Waals surface area contributed by atoms with Crippen LogP contribution in [0, 0.1) is 56.7 Å². The van der Waals surface area contributed by atoms with Gasteiger partial charge < -0.3 is 5.11 Å². The van der Waals surface area contributed by atoms with Crippen molar-refractivity contribution in [3.63, 3.8) is 0 Å². The lowest BCUT2D eigenvalue weighted by Crippen LogP contribution is -2.58. The molecule has 0 aromatic rings. The van der Waals surface area contributed by atoms with E-state index in [1.165, 1.54) is 51.4 Å². The summed E-state index contributed by atoms with van der Waals surface area (Å²) in [7, 11) is 0. The van der Waals surface area contributed by atoms with Gasteiger partial charge in [-0.15, -0.1) is 0 Å². The molecule has 7 atom stereocenters. The van der Waals surface area contributed by atoms with Crippen molar-refractivity contribution in [2.45, 2.75) is 98.8 Å². The number of fused-ring (bicyclic) bond motifs is 4. The molecule has 4 rings (SSSR count). The average Bonchev–Trinajstić information content (AvgIpc) is 3.14. The van der Waals surface area contributed by atoms with Crippen LogP contribution in [0.25, 0.3) is 0 Å². The summed E-state index contributed by atoms with van der Waals surface area (Å²) in [5, 5.41) is 20.2. The van der Waals surface area contributed by atoms with Crippen LogP contribution in [-0.2, 0) is 4.79 Å². The summed E-state index contributed by atoms with van der Waals surface area (Å²) in [5.74, 6) is 2.09. The molecule has 0 saturated heterocycles. The molecule has 0 aromatic heterocycles. The predicted molar refractivity (Wildman–Crippen MR) is 124 cm³/mol. The van der Waals surface area contributed by atoms with Crippen molar-refractivity contribution in [1.29, 1.82) is 5.26 Å². The van der Waals surface area contributed by atoms with Gasteiger partial charge in [-0.3, -0.25) is 4.79 Å². The first kappa shape index (κ1) is 23.0. The van der Waals surface area contributed by atoms with E-state index in [9.17, 15) is 15.2 Å². The van der Waals surface area contributed by atoms with Crippen LogP contribution >= 0.6 is 0 Å². The van der Waals surface area contributed by atoms with Crippen LogP contribution in [0.2, 0.25) is 0 Å². The fourth-order valence-electron chi connectivity index (χ4n) is 9.11. The topological polar surface area (TPSA) is 61.1 Å². The molecule has 1 N–H and O–H groups in total. The standard InChI is InChI=1S/C28H43NO2/c1-19-11-15-28(18-30)13-7-9-21(28)8-6-10-23-26(19,4)14-12-22-25(2,3)24(31)20(17-29)16-27(22,23)5/h16,19,21-23,30H,6-15,18H2,1-5H3/t19-,21+,22+,23+,26+,27+,28-/m1/s1. The Hall–Kier alpha value is -1.14. The number of aliphatic hydroxyl groups is 1. The molecule has 3 nitrogen and oxygen atoms in total. The van der Waals surface area contributed by atoms with Crippen LogP contribution in [-0.4, -0.2) is 17.5 Å². The number of rotatable bonds is 1. The van der Waals surface area contributed by atoms with Gasteiger partial charge in [-0.05, 0) is 91.3 Å². The van der Waals surface area contributed by atoms with Gasteiger partial charge in [0.1, 0.15) is 6.07 Å². The molecule has 0 bridgehead atoms. The normalized spacial score (nSPS) is 47.4. The third-order valence-electron chi connectivity index (χ3n) is 11.2. The summed E-state index contributed by atoms with van der Waals surface area (Å²) in [4.78, 5) is 13.1. The van der Waals surface area contributed by atoms with Crippen LogP contribution in [0.5, 0.6) is 0 Å². The van der Waals surface area contributed by atoms with E-state index < -0.39 is 5.41 Å². The fourth-order valence-corrected chi connectivity index (χ4v) is 9.11. The van der Waals surface area contributed by atoms with Crippen molar-refractivity contribution in [1.82, 2.24) is 0 Å². The van der Waals surface area contributed by atoms with Crippen molar-refractivity contribution in [2.75, 3.05) is 6.61 Å². The highest BCUT2D eigenvalue weighted by atomic mass is 16.3. The Morgan fingerprint density at radius 2 is 1.71 bits per heavy atom. The van der Waals surface area contributed by atoms with Gasteiger partial charge in [0.2, 0.25) is 0 Å². The number of hydrogen-bond donors (Lipinski definition) is 1. The van der Waals surface area contributed by atoms with Crippen LogP contribution in [0.3, 0.4) is 0 Å². The summed E-state index contributed by atoms with van der Waals surface area (Å²) in [6.07, 6.45) is 14.0. The van der Waals surface area contributed by atoms with E-state index in [2.05, 4.69) is 46.8 Å². The first-order chi connectivity index (χ1) is 14.5. The number of carbonyl (C=O) groups excluding carboxylic acids is 1. The zero-order valence-corrected chi connectivity index (χ0v) is 20.5. The Bertz CT molecular complexity index is 806.